The minimum Gasteiger partial charge on any atom is -0.476 e. The number of carbonyl (C=O) groups is 1. The van der Waals surface area contributed by atoms with Gasteiger partial charge in [0.2, 0.25) is 5.88 Å². The molecule has 0 atom stereocenters. The number of urea groups is 1. The molecule has 2 N–H and O–H groups in total. The summed E-state index contributed by atoms with van der Waals surface area (Å²) in [5.74, 6) is 0.420. The van der Waals surface area contributed by atoms with Crippen molar-refractivity contribution >= 4 is 11.7 Å². The molecule has 0 bridgehead atoms. The topological polar surface area (TPSA) is 81.1 Å². The van der Waals surface area contributed by atoms with Crippen molar-refractivity contribution in [3.63, 3.8) is 0 Å². The molecular weight excluding hydrogens is 354 g/mol. The number of ether oxygens (including phenoxy) is 1. The average molecular weight is 379 g/mol. The second kappa shape index (κ2) is 9.55. The van der Waals surface area contributed by atoms with Crippen LogP contribution in [0, 0.1) is 6.92 Å². The number of hydrogen-bond acceptors (Lipinski definition) is 4. The van der Waals surface area contributed by atoms with E-state index in [0.717, 1.165) is 24.2 Å². The number of nitrogens with zero attached hydrogens (tertiary/aromatic N) is 3. The fraction of sp³-hybridized carbons (Fsp3) is 0.286. The molecule has 2 amide bonds. The standard InChI is InChI=1S/C21H25N5O2/c1-3-28-20-19(12-8-13-22-20)24-21(27)23-14-7-9-17-15-26(25-16(17)2)18-10-5-4-6-11-18/h4-6,8,10-13,15H,3,7,9,14H2,1-2H3,(H2,23,24,27). The monoisotopic (exact) mass is 379 g/mol. The Kier molecular flexibility index (Phi) is 6.62. The van der Waals surface area contributed by atoms with E-state index < -0.39 is 0 Å². The minimum absolute atomic E-state index is 0.273. The molecule has 0 saturated heterocycles. The van der Waals surface area contributed by atoms with E-state index in [1.165, 1.54) is 5.56 Å². The summed E-state index contributed by atoms with van der Waals surface area (Å²) in [5.41, 5.74) is 3.78. The van der Waals surface area contributed by atoms with Gasteiger partial charge >= 0.3 is 6.03 Å². The smallest absolute Gasteiger partial charge is 0.319 e. The Hall–Kier alpha value is -3.35. The van der Waals surface area contributed by atoms with Crippen LogP contribution in [0.1, 0.15) is 24.6 Å². The first-order chi connectivity index (χ1) is 13.7. The highest BCUT2D eigenvalue weighted by Crippen LogP contribution is 2.20. The summed E-state index contributed by atoms with van der Waals surface area (Å²) in [5, 5.41) is 10.2. The van der Waals surface area contributed by atoms with Gasteiger partial charge in [0, 0.05) is 18.9 Å². The van der Waals surface area contributed by atoms with Crippen LogP contribution in [-0.4, -0.2) is 33.9 Å². The number of para-hydroxylation sites is 1. The molecule has 0 aliphatic heterocycles. The summed E-state index contributed by atoms with van der Waals surface area (Å²) in [4.78, 5) is 16.2. The van der Waals surface area contributed by atoms with Crippen molar-refractivity contribution in [3.8, 4) is 11.6 Å². The van der Waals surface area contributed by atoms with Crippen LogP contribution < -0.4 is 15.4 Å². The van der Waals surface area contributed by atoms with E-state index in [1.807, 2.05) is 48.9 Å². The van der Waals surface area contributed by atoms with Crippen molar-refractivity contribution in [1.29, 1.82) is 0 Å². The number of aryl methyl sites for hydroxylation is 2. The Balaban J connectivity index is 1.47. The number of carbonyl (C=O) groups excluding carboxylic acids is 1. The van der Waals surface area contributed by atoms with E-state index in [9.17, 15) is 4.79 Å². The van der Waals surface area contributed by atoms with Crippen molar-refractivity contribution in [3.05, 3.63) is 66.1 Å². The SMILES string of the molecule is CCOc1ncccc1NC(=O)NCCCc1cn(-c2ccccc2)nc1C. The van der Waals surface area contributed by atoms with E-state index in [4.69, 9.17) is 4.74 Å². The van der Waals surface area contributed by atoms with Crippen molar-refractivity contribution in [2.75, 3.05) is 18.5 Å². The van der Waals surface area contributed by atoms with E-state index >= 15 is 0 Å². The van der Waals surface area contributed by atoms with Crippen molar-refractivity contribution < 1.29 is 9.53 Å². The number of benzene rings is 1. The maximum atomic E-state index is 12.1. The number of pyridine rings is 1. The fourth-order valence-electron chi connectivity index (χ4n) is 2.84. The summed E-state index contributed by atoms with van der Waals surface area (Å²) in [6.45, 7) is 4.93. The number of rotatable bonds is 8. The highest BCUT2D eigenvalue weighted by molar-refractivity contribution is 5.90. The van der Waals surface area contributed by atoms with Gasteiger partial charge < -0.3 is 15.4 Å². The average Bonchev–Trinajstić information content (AvgIpc) is 3.08. The van der Waals surface area contributed by atoms with E-state index in [1.54, 1.807) is 18.3 Å². The van der Waals surface area contributed by atoms with Crippen LogP contribution in [0.2, 0.25) is 0 Å². The summed E-state index contributed by atoms with van der Waals surface area (Å²) in [6.07, 6.45) is 5.34. The number of amides is 2. The predicted octanol–water partition coefficient (Wildman–Crippen LogP) is 3.73. The first-order valence-corrected chi connectivity index (χ1v) is 9.40. The summed E-state index contributed by atoms with van der Waals surface area (Å²) in [7, 11) is 0. The molecule has 0 aliphatic rings. The summed E-state index contributed by atoms with van der Waals surface area (Å²) >= 11 is 0. The van der Waals surface area contributed by atoms with Gasteiger partial charge in [0.25, 0.3) is 0 Å². The molecule has 7 nitrogen and oxygen atoms in total. The summed E-state index contributed by atoms with van der Waals surface area (Å²) < 4.78 is 7.30. The molecule has 2 heterocycles. The lowest BCUT2D eigenvalue weighted by molar-refractivity contribution is 0.251. The molecule has 0 saturated carbocycles. The zero-order valence-corrected chi connectivity index (χ0v) is 16.2. The third-order valence-corrected chi connectivity index (χ3v) is 4.23. The molecule has 0 unspecified atom stereocenters. The number of nitrogens with one attached hydrogen (secondary N) is 2. The van der Waals surface area contributed by atoms with Gasteiger partial charge in [-0.1, -0.05) is 18.2 Å². The van der Waals surface area contributed by atoms with Crippen molar-refractivity contribution in [2.45, 2.75) is 26.7 Å². The number of aromatic nitrogens is 3. The van der Waals surface area contributed by atoms with Crippen LogP contribution in [0.4, 0.5) is 10.5 Å². The minimum atomic E-state index is -0.273. The predicted molar refractivity (Wildman–Crippen MR) is 109 cm³/mol. The van der Waals surface area contributed by atoms with Crippen LogP contribution >= 0.6 is 0 Å². The fourth-order valence-corrected chi connectivity index (χ4v) is 2.84. The molecule has 0 radical (unpaired) electrons. The molecule has 28 heavy (non-hydrogen) atoms. The third-order valence-electron chi connectivity index (χ3n) is 4.23. The maximum absolute atomic E-state index is 12.1. The Morgan fingerprint density at radius 1 is 1.18 bits per heavy atom. The van der Waals surface area contributed by atoms with Gasteiger partial charge in [0.05, 0.1) is 18.0 Å². The highest BCUT2D eigenvalue weighted by Gasteiger charge is 2.09. The van der Waals surface area contributed by atoms with Crippen LogP contribution in [-0.2, 0) is 6.42 Å². The van der Waals surface area contributed by atoms with Crippen molar-refractivity contribution in [2.24, 2.45) is 0 Å². The molecular formula is C21H25N5O2. The van der Waals surface area contributed by atoms with E-state index in [2.05, 4.69) is 26.9 Å². The van der Waals surface area contributed by atoms with Gasteiger partial charge in [0.1, 0.15) is 5.69 Å². The van der Waals surface area contributed by atoms with Crippen LogP contribution in [0.3, 0.4) is 0 Å². The molecule has 1 aromatic carbocycles. The summed E-state index contributed by atoms with van der Waals surface area (Å²) in [6, 6.07) is 13.3. The molecule has 2 aromatic heterocycles. The second-order valence-electron chi connectivity index (χ2n) is 6.29. The van der Waals surface area contributed by atoms with E-state index in [-0.39, 0.29) is 6.03 Å². The lowest BCUT2D eigenvalue weighted by Crippen LogP contribution is -2.30. The molecule has 0 fully saturated rings. The van der Waals surface area contributed by atoms with Gasteiger partial charge in [-0.15, -0.1) is 0 Å². The molecule has 0 aliphatic carbocycles. The quantitative estimate of drug-likeness (QED) is 0.585. The van der Waals surface area contributed by atoms with Gasteiger partial charge in [-0.25, -0.2) is 14.5 Å². The zero-order chi connectivity index (χ0) is 19.8. The van der Waals surface area contributed by atoms with Crippen LogP contribution in [0.15, 0.2) is 54.9 Å². The Bertz CT molecular complexity index is 908. The Morgan fingerprint density at radius 3 is 2.79 bits per heavy atom. The molecule has 146 valence electrons. The van der Waals surface area contributed by atoms with Gasteiger partial charge in [0.15, 0.2) is 0 Å². The second-order valence-corrected chi connectivity index (χ2v) is 6.29. The van der Waals surface area contributed by atoms with Gasteiger partial charge in [-0.3, -0.25) is 0 Å². The molecule has 7 heteroatoms. The van der Waals surface area contributed by atoms with Crippen LogP contribution in [0.25, 0.3) is 5.69 Å². The van der Waals surface area contributed by atoms with Crippen molar-refractivity contribution in [1.82, 2.24) is 20.1 Å². The third kappa shape index (κ3) is 5.09. The van der Waals surface area contributed by atoms with Crippen LogP contribution in [0.5, 0.6) is 5.88 Å². The lowest BCUT2D eigenvalue weighted by Gasteiger charge is -2.10. The number of anilines is 1. The Morgan fingerprint density at radius 2 is 2.00 bits per heavy atom. The first kappa shape index (κ1) is 19.4. The number of hydrogen-bond donors (Lipinski definition) is 2. The molecule has 3 rings (SSSR count). The molecule has 3 aromatic rings. The highest BCUT2D eigenvalue weighted by atomic mass is 16.5. The van der Waals surface area contributed by atoms with E-state index in [0.29, 0.717) is 24.7 Å². The molecule has 0 spiro atoms. The van der Waals surface area contributed by atoms with Gasteiger partial charge in [-0.2, -0.15) is 5.10 Å². The maximum Gasteiger partial charge on any atom is 0.319 e. The Labute approximate surface area is 164 Å². The zero-order valence-electron chi connectivity index (χ0n) is 16.2. The van der Waals surface area contributed by atoms with Gasteiger partial charge in [-0.05, 0) is 56.5 Å². The largest absolute Gasteiger partial charge is 0.476 e. The normalized spacial score (nSPS) is 10.5. The lowest BCUT2D eigenvalue weighted by atomic mass is 10.1. The first-order valence-electron chi connectivity index (χ1n) is 9.40.